The second-order valence-electron chi connectivity index (χ2n) is 5.03. The molecule has 1 heterocycles. The summed E-state index contributed by atoms with van der Waals surface area (Å²) in [7, 11) is 0. The maximum Gasteiger partial charge on any atom is 0.341 e. The van der Waals surface area contributed by atoms with Crippen molar-refractivity contribution in [3.8, 4) is 11.4 Å². The van der Waals surface area contributed by atoms with Gasteiger partial charge in [-0.15, -0.1) is 0 Å². The highest BCUT2D eigenvalue weighted by Gasteiger charge is 2.16. The van der Waals surface area contributed by atoms with E-state index < -0.39 is 11.8 Å². The fraction of sp³-hybridized carbons (Fsp3) is 0.118. The second kappa shape index (κ2) is 6.80. The summed E-state index contributed by atoms with van der Waals surface area (Å²) in [5.41, 5.74) is 1.56. The van der Waals surface area contributed by atoms with Crippen molar-refractivity contribution in [3.63, 3.8) is 0 Å². The van der Waals surface area contributed by atoms with Gasteiger partial charge < -0.3 is 9.26 Å². The highest BCUT2D eigenvalue weighted by atomic mass is 35.5. The molecule has 0 amide bonds. The van der Waals surface area contributed by atoms with Crippen LogP contribution in [0.3, 0.4) is 0 Å². The molecule has 0 unspecified atom stereocenters. The molecule has 122 valence electrons. The maximum atomic E-state index is 13.6. The van der Waals surface area contributed by atoms with Crippen LogP contribution in [0.5, 0.6) is 0 Å². The number of rotatable bonds is 4. The molecule has 3 aromatic rings. The normalized spacial score (nSPS) is 10.6. The first kappa shape index (κ1) is 16.1. The topological polar surface area (TPSA) is 65.2 Å². The third kappa shape index (κ3) is 3.44. The van der Waals surface area contributed by atoms with Gasteiger partial charge in [0.25, 0.3) is 5.89 Å². The molecular formula is C17H12ClFN2O3. The number of hydrogen-bond acceptors (Lipinski definition) is 5. The summed E-state index contributed by atoms with van der Waals surface area (Å²) in [6.07, 6.45) is 0. The van der Waals surface area contributed by atoms with Gasteiger partial charge in [0.05, 0.1) is 5.56 Å². The molecule has 0 saturated heterocycles. The summed E-state index contributed by atoms with van der Waals surface area (Å²) in [6.45, 7) is 1.66. The van der Waals surface area contributed by atoms with Crippen molar-refractivity contribution in [2.24, 2.45) is 0 Å². The molecule has 0 radical (unpaired) electrons. The Morgan fingerprint density at radius 1 is 1.29 bits per heavy atom. The molecule has 2 aromatic carbocycles. The third-order valence-electron chi connectivity index (χ3n) is 3.33. The smallest absolute Gasteiger partial charge is 0.341 e. The number of aromatic nitrogens is 2. The number of esters is 1. The lowest BCUT2D eigenvalue weighted by Gasteiger charge is -2.03. The minimum absolute atomic E-state index is 0.115. The fourth-order valence-corrected chi connectivity index (χ4v) is 2.28. The van der Waals surface area contributed by atoms with Crippen LogP contribution in [-0.4, -0.2) is 16.1 Å². The Kier molecular flexibility index (Phi) is 4.57. The van der Waals surface area contributed by atoms with Gasteiger partial charge in [0.2, 0.25) is 5.82 Å². The third-order valence-corrected chi connectivity index (χ3v) is 3.56. The van der Waals surface area contributed by atoms with E-state index >= 15 is 0 Å². The van der Waals surface area contributed by atoms with Gasteiger partial charge in [-0.2, -0.15) is 4.98 Å². The van der Waals surface area contributed by atoms with Crippen molar-refractivity contribution in [1.29, 1.82) is 0 Å². The second-order valence-corrected chi connectivity index (χ2v) is 5.46. The highest BCUT2D eigenvalue weighted by molar-refractivity contribution is 6.30. The van der Waals surface area contributed by atoms with E-state index in [4.69, 9.17) is 20.9 Å². The molecule has 0 N–H and O–H groups in total. The van der Waals surface area contributed by atoms with Crippen molar-refractivity contribution < 1.29 is 18.4 Å². The first-order chi connectivity index (χ1) is 11.5. The van der Waals surface area contributed by atoms with Crippen LogP contribution in [-0.2, 0) is 11.3 Å². The van der Waals surface area contributed by atoms with Crippen LogP contribution in [0.2, 0.25) is 5.02 Å². The van der Waals surface area contributed by atoms with E-state index in [1.165, 1.54) is 12.1 Å². The molecule has 0 bridgehead atoms. The Balaban J connectivity index is 1.71. The van der Waals surface area contributed by atoms with Gasteiger partial charge in [0.1, 0.15) is 5.82 Å². The summed E-state index contributed by atoms with van der Waals surface area (Å²) in [5.74, 6) is -1.06. The van der Waals surface area contributed by atoms with Crippen LogP contribution < -0.4 is 0 Å². The van der Waals surface area contributed by atoms with Gasteiger partial charge in [-0.1, -0.05) is 41.0 Å². The van der Waals surface area contributed by atoms with Crippen molar-refractivity contribution in [2.45, 2.75) is 13.5 Å². The van der Waals surface area contributed by atoms with Crippen molar-refractivity contribution >= 4 is 17.6 Å². The van der Waals surface area contributed by atoms with E-state index in [1.54, 1.807) is 0 Å². The standard InChI is InChI=1S/C17H12ClFN2O3/c1-10-4-2-3-5-12(10)16-20-15(24-21-16)9-23-17(22)13-8-11(18)6-7-14(13)19/h2-8H,9H2,1H3. The number of benzene rings is 2. The summed E-state index contributed by atoms with van der Waals surface area (Å²) in [6, 6.07) is 11.2. The Bertz CT molecular complexity index is 895. The molecule has 0 aliphatic heterocycles. The van der Waals surface area contributed by atoms with Crippen LogP contribution in [0, 0.1) is 12.7 Å². The molecule has 0 atom stereocenters. The Morgan fingerprint density at radius 3 is 2.88 bits per heavy atom. The lowest BCUT2D eigenvalue weighted by Crippen LogP contribution is -2.07. The van der Waals surface area contributed by atoms with Gasteiger partial charge in [-0.05, 0) is 30.7 Å². The van der Waals surface area contributed by atoms with E-state index in [0.717, 1.165) is 17.2 Å². The van der Waals surface area contributed by atoms with Gasteiger partial charge in [0.15, 0.2) is 6.61 Å². The Hall–Kier alpha value is -2.73. The lowest BCUT2D eigenvalue weighted by atomic mass is 10.1. The first-order valence-corrected chi connectivity index (χ1v) is 7.43. The molecule has 0 aliphatic rings. The van der Waals surface area contributed by atoms with Gasteiger partial charge in [-0.25, -0.2) is 9.18 Å². The SMILES string of the molecule is Cc1ccccc1-c1noc(COC(=O)c2cc(Cl)ccc2F)n1. The van der Waals surface area contributed by atoms with Gasteiger partial charge in [-0.3, -0.25) is 0 Å². The molecule has 3 rings (SSSR count). The van der Waals surface area contributed by atoms with Crippen molar-refractivity contribution in [3.05, 3.63) is 70.3 Å². The van der Waals surface area contributed by atoms with E-state index in [2.05, 4.69) is 10.1 Å². The van der Waals surface area contributed by atoms with Crippen LogP contribution in [0.1, 0.15) is 21.8 Å². The van der Waals surface area contributed by atoms with Crippen LogP contribution >= 0.6 is 11.6 Å². The molecule has 0 saturated carbocycles. The summed E-state index contributed by atoms with van der Waals surface area (Å²) in [4.78, 5) is 16.1. The van der Waals surface area contributed by atoms with Gasteiger partial charge in [0, 0.05) is 10.6 Å². The van der Waals surface area contributed by atoms with Gasteiger partial charge >= 0.3 is 5.97 Å². The molecule has 1 aromatic heterocycles. The van der Waals surface area contributed by atoms with Crippen molar-refractivity contribution in [1.82, 2.24) is 10.1 Å². The van der Waals surface area contributed by atoms with E-state index in [0.29, 0.717) is 5.82 Å². The zero-order valence-electron chi connectivity index (χ0n) is 12.6. The summed E-state index contributed by atoms with van der Waals surface area (Å²) in [5, 5.41) is 4.10. The predicted octanol–water partition coefficient (Wildman–Crippen LogP) is 4.19. The monoisotopic (exact) mass is 346 g/mol. The largest absolute Gasteiger partial charge is 0.452 e. The predicted molar refractivity (Wildman–Crippen MR) is 85.0 cm³/mol. The fourth-order valence-electron chi connectivity index (χ4n) is 2.11. The molecule has 0 fully saturated rings. The number of ether oxygens (including phenoxy) is 1. The molecule has 24 heavy (non-hydrogen) atoms. The molecule has 0 aliphatic carbocycles. The minimum Gasteiger partial charge on any atom is -0.452 e. The number of carbonyl (C=O) groups excluding carboxylic acids is 1. The Morgan fingerprint density at radius 2 is 2.08 bits per heavy atom. The number of nitrogens with zero attached hydrogens (tertiary/aromatic N) is 2. The minimum atomic E-state index is -0.856. The van der Waals surface area contributed by atoms with E-state index in [-0.39, 0.29) is 23.1 Å². The summed E-state index contributed by atoms with van der Waals surface area (Å²) < 4.78 is 23.7. The number of hydrogen-bond donors (Lipinski definition) is 0. The molecule has 0 spiro atoms. The van der Waals surface area contributed by atoms with Crippen LogP contribution in [0.4, 0.5) is 4.39 Å². The Labute approximate surface area is 142 Å². The maximum absolute atomic E-state index is 13.6. The highest BCUT2D eigenvalue weighted by Crippen LogP contribution is 2.20. The molecule has 7 heteroatoms. The quantitative estimate of drug-likeness (QED) is 0.662. The average molecular weight is 347 g/mol. The van der Waals surface area contributed by atoms with Crippen molar-refractivity contribution in [2.75, 3.05) is 0 Å². The first-order valence-electron chi connectivity index (χ1n) is 7.05. The van der Waals surface area contributed by atoms with E-state index in [1.807, 2.05) is 31.2 Å². The van der Waals surface area contributed by atoms with Crippen LogP contribution in [0.15, 0.2) is 47.0 Å². The number of halogens is 2. The molecular weight excluding hydrogens is 335 g/mol. The average Bonchev–Trinajstić information content (AvgIpc) is 3.04. The van der Waals surface area contributed by atoms with Crippen LogP contribution in [0.25, 0.3) is 11.4 Å². The molecule has 5 nitrogen and oxygen atoms in total. The number of aryl methyl sites for hydroxylation is 1. The number of carbonyl (C=O) groups is 1. The summed E-state index contributed by atoms with van der Waals surface area (Å²) >= 11 is 5.75. The zero-order valence-corrected chi connectivity index (χ0v) is 13.4. The zero-order chi connectivity index (χ0) is 17.1. The van der Waals surface area contributed by atoms with E-state index in [9.17, 15) is 9.18 Å². The lowest BCUT2D eigenvalue weighted by molar-refractivity contribution is 0.0424.